The Bertz CT molecular complexity index is 358. The third-order valence-electron chi connectivity index (χ3n) is 4.26. The molecule has 3 heteroatoms. The molecule has 96 valence electrons. The zero-order valence-electron chi connectivity index (χ0n) is 11.2. The first-order valence-corrected chi connectivity index (χ1v) is 7.34. The molecule has 1 aromatic heterocycles. The van der Waals surface area contributed by atoms with Gasteiger partial charge in [0.2, 0.25) is 0 Å². The molecule has 1 heterocycles. The van der Waals surface area contributed by atoms with Gasteiger partial charge in [0.15, 0.2) is 0 Å². The third kappa shape index (κ3) is 2.72. The summed E-state index contributed by atoms with van der Waals surface area (Å²) in [6.45, 7) is 6.53. The minimum Gasteiger partial charge on any atom is -0.329 e. The quantitative estimate of drug-likeness (QED) is 0.892. The minimum atomic E-state index is 0.214. The summed E-state index contributed by atoms with van der Waals surface area (Å²) in [6, 6.07) is 2.21. The van der Waals surface area contributed by atoms with E-state index in [1.807, 2.05) is 0 Å². The third-order valence-corrected chi connectivity index (χ3v) is 5.00. The summed E-state index contributed by atoms with van der Waals surface area (Å²) in [4.78, 5) is 2.48. The first-order valence-electron chi connectivity index (χ1n) is 6.40. The second kappa shape index (κ2) is 4.71. The van der Waals surface area contributed by atoms with E-state index >= 15 is 0 Å². The Morgan fingerprint density at radius 1 is 1.41 bits per heavy atom. The summed E-state index contributed by atoms with van der Waals surface area (Å²) in [7, 11) is 2.23. The second-order valence-corrected chi connectivity index (χ2v) is 7.04. The van der Waals surface area contributed by atoms with E-state index in [4.69, 9.17) is 5.73 Å². The van der Waals surface area contributed by atoms with Gasteiger partial charge < -0.3 is 5.73 Å². The van der Waals surface area contributed by atoms with Gasteiger partial charge in [-0.2, -0.15) is 11.3 Å². The largest absolute Gasteiger partial charge is 0.329 e. The van der Waals surface area contributed by atoms with Crippen molar-refractivity contribution in [1.82, 2.24) is 4.90 Å². The smallest absolute Gasteiger partial charge is 0.0337 e. The van der Waals surface area contributed by atoms with Crippen LogP contribution in [0, 0.1) is 5.41 Å². The van der Waals surface area contributed by atoms with Crippen molar-refractivity contribution in [3.05, 3.63) is 22.4 Å². The molecule has 2 nitrogen and oxygen atoms in total. The van der Waals surface area contributed by atoms with Gasteiger partial charge in [-0.15, -0.1) is 0 Å². The number of nitrogens with zero attached hydrogens (tertiary/aromatic N) is 1. The normalized spacial score (nSPS) is 27.8. The maximum atomic E-state index is 6.08. The van der Waals surface area contributed by atoms with E-state index in [-0.39, 0.29) is 5.54 Å². The molecule has 2 rings (SSSR count). The standard InChI is InChI=1S/C14H24N2S/c1-13(2)5-6-14(10-13,11-15)16(3)8-12-4-7-17-9-12/h4,7,9H,5-6,8,10-11,15H2,1-3H3. The second-order valence-electron chi connectivity index (χ2n) is 6.26. The highest BCUT2D eigenvalue weighted by molar-refractivity contribution is 7.07. The number of hydrogen-bond acceptors (Lipinski definition) is 3. The summed E-state index contributed by atoms with van der Waals surface area (Å²) in [5, 5.41) is 4.39. The maximum absolute atomic E-state index is 6.08. The molecule has 1 atom stereocenters. The SMILES string of the molecule is CN(Cc1ccsc1)C1(CN)CCC(C)(C)C1. The van der Waals surface area contributed by atoms with Crippen LogP contribution in [0.2, 0.25) is 0 Å². The number of thiophene rings is 1. The van der Waals surface area contributed by atoms with Crippen molar-refractivity contribution in [2.75, 3.05) is 13.6 Å². The van der Waals surface area contributed by atoms with Crippen LogP contribution in [0.5, 0.6) is 0 Å². The van der Waals surface area contributed by atoms with Gasteiger partial charge in [-0.25, -0.2) is 0 Å². The molecule has 0 bridgehead atoms. The number of rotatable bonds is 4. The van der Waals surface area contributed by atoms with Crippen LogP contribution in [-0.4, -0.2) is 24.0 Å². The zero-order chi connectivity index (χ0) is 12.5. The van der Waals surface area contributed by atoms with E-state index in [0.29, 0.717) is 5.41 Å². The van der Waals surface area contributed by atoms with Crippen LogP contribution < -0.4 is 5.73 Å². The Hall–Kier alpha value is -0.380. The fourth-order valence-corrected chi connectivity index (χ4v) is 3.78. The van der Waals surface area contributed by atoms with E-state index < -0.39 is 0 Å². The molecule has 0 saturated heterocycles. The molecule has 1 unspecified atom stereocenters. The van der Waals surface area contributed by atoms with Crippen molar-refractivity contribution in [2.24, 2.45) is 11.1 Å². The maximum Gasteiger partial charge on any atom is 0.0337 e. The fraction of sp³-hybridized carbons (Fsp3) is 0.714. The van der Waals surface area contributed by atoms with Crippen molar-refractivity contribution in [3.63, 3.8) is 0 Å². The van der Waals surface area contributed by atoms with Crippen LogP contribution >= 0.6 is 11.3 Å². The lowest BCUT2D eigenvalue weighted by Gasteiger charge is -2.39. The zero-order valence-corrected chi connectivity index (χ0v) is 12.0. The molecule has 1 aromatic rings. The lowest BCUT2D eigenvalue weighted by Crippen LogP contribution is -2.50. The van der Waals surface area contributed by atoms with Gasteiger partial charge in [0, 0.05) is 18.6 Å². The van der Waals surface area contributed by atoms with Gasteiger partial charge in [-0.1, -0.05) is 13.8 Å². The van der Waals surface area contributed by atoms with E-state index in [2.05, 4.69) is 42.6 Å². The number of nitrogens with two attached hydrogens (primary N) is 1. The van der Waals surface area contributed by atoms with Gasteiger partial charge in [-0.05, 0) is 54.1 Å². The minimum absolute atomic E-state index is 0.214. The highest BCUT2D eigenvalue weighted by Crippen LogP contribution is 2.46. The molecule has 1 aliphatic rings. The highest BCUT2D eigenvalue weighted by atomic mass is 32.1. The van der Waals surface area contributed by atoms with Crippen LogP contribution in [0.25, 0.3) is 0 Å². The van der Waals surface area contributed by atoms with Crippen LogP contribution in [-0.2, 0) is 6.54 Å². The average Bonchev–Trinajstić information content (AvgIpc) is 2.86. The van der Waals surface area contributed by atoms with Crippen LogP contribution in [0.1, 0.15) is 38.7 Å². The molecule has 17 heavy (non-hydrogen) atoms. The molecule has 1 saturated carbocycles. The lowest BCUT2D eigenvalue weighted by atomic mass is 9.87. The molecular formula is C14H24N2S. The number of hydrogen-bond donors (Lipinski definition) is 1. The Labute approximate surface area is 109 Å². The molecule has 2 N–H and O–H groups in total. The van der Waals surface area contributed by atoms with E-state index in [9.17, 15) is 0 Å². The van der Waals surface area contributed by atoms with Crippen molar-refractivity contribution in [2.45, 2.75) is 45.2 Å². The van der Waals surface area contributed by atoms with Crippen LogP contribution in [0.4, 0.5) is 0 Å². The van der Waals surface area contributed by atoms with Crippen molar-refractivity contribution in [3.8, 4) is 0 Å². The Morgan fingerprint density at radius 3 is 2.65 bits per heavy atom. The van der Waals surface area contributed by atoms with Crippen LogP contribution in [0.15, 0.2) is 16.8 Å². The summed E-state index contributed by atoms with van der Waals surface area (Å²) in [5.74, 6) is 0. The molecular weight excluding hydrogens is 228 g/mol. The fourth-order valence-electron chi connectivity index (χ4n) is 3.12. The monoisotopic (exact) mass is 252 g/mol. The lowest BCUT2D eigenvalue weighted by molar-refractivity contribution is 0.111. The van der Waals surface area contributed by atoms with E-state index in [0.717, 1.165) is 13.1 Å². The van der Waals surface area contributed by atoms with Crippen LogP contribution in [0.3, 0.4) is 0 Å². The molecule has 0 amide bonds. The van der Waals surface area contributed by atoms with E-state index in [1.54, 1.807) is 11.3 Å². The predicted octanol–water partition coefficient (Wildman–Crippen LogP) is 3.09. The van der Waals surface area contributed by atoms with Gasteiger partial charge in [0.1, 0.15) is 0 Å². The first-order chi connectivity index (χ1) is 7.97. The van der Waals surface area contributed by atoms with E-state index in [1.165, 1.54) is 24.8 Å². The molecule has 0 aliphatic heterocycles. The highest BCUT2D eigenvalue weighted by Gasteiger charge is 2.44. The molecule has 0 spiro atoms. The summed E-state index contributed by atoms with van der Waals surface area (Å²) in [5.41, 5.74) is 8.15. The topological polar surface area (TPSA) is 29.3 Å². The predicted molar refractivity (Wildman–Crippen MR) is 75.2 cm³/mol. The summed E-state index contributed by atoms with van der Waals surface area (Å²) in [6.07, 6.45) is 3.74. The Balaban J connectivity index is 2.08. The Morgan fingerprint density at radius 2 is 2.18 bits per heavy atom. The van der Waals surface area contributed by atoms with Crippen molar-refractivity contribution in [1.29, 1.82) is 0 Å². The number of likely N-dealkylation sites (N-methyl/N-ethyl adjacent to an activating group) is 1. The summed E-state index contributed by atoms with van der Waals surface area (Å²) < 4.78 is 0. The molecule has 0 radical (unpaired) electrons. The Kier molecular flexibility index (Phi) is 3.62. The van der Waals surface area contributed by atoms with Crippen molar-refractivity contribution >= 4 is 11.3 Å². The van der Waals surface area contributed by atoms with Gasteiger partial charge in [0.25, 0.3) is 0 Å². The molecule has 1 aliphatic carbocycles. The molecule has 0 aromatic carbocycles. The van der Waals surface area contributed by atoms with Gasteiger partial charge in [-0.3, -0.25) is 4.90 Å². The van der Waals surface area contributed by atoms with Gasteiger partial charge in [0.05, 0.1) is 0 Å². The van der Waals surface area contributed by atoms with Crippen molar-refractivity contribution < 1.29 is 0 Å². The summed E-state index contributed by atoms with van der Waals surface area (Å²) >= 11 is 1.77. The van der Waals surface area contributed by atoms with Gasteiger partial charge >= 0.3 is 0 Å². The average molecular weight is 252 g/mol. The molecule has 1 fully saturated rings. The first kappa shape index (κ1) is 13.1.